The monoisotopic (exact) mass is 141 g/mol. The number of aliphatic hydroxyl groups excluding tert-OH is 1. The molecule has 1 saturated heterocycles. The number of fused-ring (bicyclic) bond motifs is 2. The van der Waals surface area contributed by atoms with Gasteiger partial charge in [0.15, 0.2) is 0 Å². The van der Waals surface area contributed by atoms with E-state index in [1.54, 1.807) is 0 Å². The summed E-state index contributed by atoms with van der Waals surface area (Å²) in [6.45, 7) is 2.22. The van der Waals surface area contributed by atoms with E-state index >= 15 is 0 Å². The second-order valence-electron chi connectivity index (χ2n) is 3.77. The van der Waals surface area contributed by atoms with Crippen molar-refractivity contribution >= 4 is 0 Å². The van der Waals surface area contributed by atoms with Crippen molar-refractivity contribution in [2.45, 2.75) is 44.4 Å². The normalized spacial score (nSPS) is 53.4. The molecule has 1 aliphatic carbocycles. The van der Waals surface area contributed by atoms with Gasteiger partial charge >= 0.3 is 0 Å². The van der Waals surface area contributed by atoms with Crippen molar-refractivity contribution in [3.63, 3.8) is 0 Å². The molecule has 0 radical (unpaired) electrons. The average molecular weight is 141 g/mol. The molecule has 2 fully saturated rings. The van der Waals surface area contributed by atoms with Crippen LogP contribution >= 0.6 is 0 Å². The predicted octanol–water partition coefficient (Wildman–Crippen LogP) is 0.508. The fourth-order valence-electron chi connectivity index (χ4n) is 2.38. The molecule has 2 nitrogen and oxygen atoms in total. The Labute approximate surface area is 61.6 Å². The van der Waals surface area contributed by atoms with Gasteiger partial charge in [-0.3, -0.25) is 0 Å². The molecular weight excluding hydrogens is 126 g/mol. The van der Waals surface area contributed by atoms with Crippen molar-refractivity contribution in [1.29, 1.82) is 0 Å². The predicted molar refractivity (Wildman–Crippen MR) is 39.7 cm³/mol. The van der Waals surface area contributed by atoms with Gasteiger partial charge in [0.1, 0.15) is 0 Å². The van der Waals surface area contributed by atoms with E-state index in [1.807, 2.05) is 0 Å². The van der Waals surface area contributed by atoms with E-state index in [1.165, 1.54) is 6.42 Å². The van der Waals surface area contributed by atoms with Crippen molar-refractivity contribution in [3.8, 4) is 0 Å². The molecule has 2 heteroatoms. The maximum absolute atomic E-state index is 9.37. The highest BCUT2D eigenvalue weighted by molar-refractivity contribution is 4.94. The van der Waals surface area contributed by atoms with E-state index in [2.05, 4.69) is 12.2 Å². The lowest BCUT2D eigenvalue weighted by Gasteiger charge is -2.22. The van der Waals surface area contributed by atoms with Crippen molar-refractivity contribution in [1.82, 2.24) is 5.32 Å². The molecule has 4 atom stereocenters. The van der Waals surface area contributed by atoms with Crippen LogP contribution in [0.4, 0.5) is 0 Å². The average Bonchev–Trinajstić information content (AvgIpc) is 2.07. The molecule has 2 bridgehead atoms. The van der Waals surface area contributed by atoms with Gasteiger partial charge in [-0.05, 0) is 32.1 Å². The number of rotatable bonds is 0. The molecule has 1 aliphatic heterocycles. The van der Waals surface area contributed by atoms with E-state index in [4.69, 9.17) is 0 Å². The van der Waals surface area contributed by atoms with Crippen molar-refractivity contribution in [2.75, 3.05) is 0 Å². The van der Waals surface area contributed by atoms with E-state index in [0.717, 1.165) is 18.8 Å². The summed E-state index contributed by atoms with van der Waals surface area (Å²) in [4.78, 5) is 0. The first-order chi connectivity index (χ1) is 4.75. The Kier molecular flexibility index (Phi) is 1.46. The second-order valence-corrected chi connectivity index (χ2v) is 3.77. The molecule has 0 aromatic heterocycles. The standard InChI is InChI=1S/C8H15NO/c1-5-6-2-7(9-5)4-8(10)3-6/h5-10H,2-4H2,1H3. The fourth-order valence-corrected chi connectivity index (χ4v) is 2.38. The van der Waals surface area contributed by atoms with Gasteiger partial charge in [0.05, 0.1) is 6.10 Å². The van der Waals surface area contributed by atoms with Gasteiger partial charge in [0, 0.05) is 12.1 Å². The van der Waals surface area contributed by atoms with E-state index in [9.17, 15) is 5.11 Å². The summed E-state index contributed by atoms with van der Waals surface area (Å²) in [6, 6.07) is 1.26. The SMILES string of the molecule is CC1NC2CC(O)CC1C2. The third kappa shape index (κ3) is 0.956. The summed E-state index contributed by atoms with van der Waals surface area (Å²) in [5.74, 6) is 0.744. The maximum atomic E-state index is 9.37. The summed E-state index contributed by atoms with van der Waals surface area (Å²) in [6.07, 6.45) is 3.25. The molecule has 1 heterocycles. The molecule has 1 saturated carbocycles. The highest BCUT2D eigenvalue weighted by Gasteiger charge is 2.37. The quantitative estimate of drug-likeness (QED) is 0.515. The molecule has 0 aromatic rings. The minimum absolute atomic E-state index is 0.0267. The molecule has 2 rings (SSSR count). The van der Waals surface area contributed by atoms with Crippen LogP contribution in [0.5, 0.6) is 0 Å². The summed E-state index contributed by atoms with van der Waals surface area (Å²) in [5.41, 5.74) is 0. The van der Waals surface area contributed by atoms with Gasteiger partial charge < -0.3 is 10.4 Å². The van der Waals surface area contributed by atoms with Crippen LogP contribution in [-0.2, 0) is 0 Å². The van der Waals surface area contributed by atoms with Crippen molar-refractivity contribution in [2.24, 2.45) is 5.92 Å². The summed E-state index contributed by atoms with van der Waals surface area (Å²) >= 11 is 0. The molecular formula is C8H15NO. The van der Waals surface area contributed by atoms with Crippen LogP contribution in [0.15, 0.2) is 0 Å². The summed E-state index contributed by atoms with van der Waals surface area (Å²) in [5, 5.41) is 12.9. The highest BCUT2D eigenvalue weighted by atomic mass is 16.3. The Hall–Kier alpha value is -0.0800. The molecule has 0 amide bonds. The van der Waals surface area contributed by atoms with Gasteiger partial charge in [-0.1, -0.05) is 0 Å². The Morgan fingerprint density at radius 1 is 1.30 bits per heavy atom. The van der Waals surface area contributed by atoms with Crippen LogP contribution in [0, 0.1) is 5.92 Å². The van der Waals surface area contributed by atoms with Gasteiger partial charge in [0.2, 0.25) is 0 Å². The number of hydrogen-bond acceptors (Lipinski definition) is 2. The first-order valence-electron chi connectivity index (χ1n) is 4.20. The Morgan fingerprint density at radius 3 is 2.80 bits per heavy atom. The first kappa shape index (κ1) is 6.62. The van der Waals surface area contributed by atoms with Gasteiger partial charge in [-0.25, -0.2) is 0 Å². The maximum Gasteiger partial charge on any atom is 0.0558 e. The molecule has 58 valence electrons. The molecule has 4 unspecified atom stereocenters. The topological polar surface area (TPSA) is 32.3 Å². The Balaban J connectivity index is 2.06. The zero-order valence-corrected chi connectivity index (χ0v) is 6.38. The fraction of sp³-hybridized carbons (Fsp3) is 1.00. The number of nitrogens with one attached hydrogen (secondary N) is 1. The minimum atomic E-state index is -0.0267. The van der Waals surface area contributed by atoms with Crippen LogP contribution < -0.4 is 5.32 Å². The van der Waals surface area contributed by atoms with Gasteiger partial charge in [-0.15, -0.1) is 0 Å². The summed E-state index contributed by atoms with van der Waals surface area (Å²) < 4.78 is 0. The third-order valence-electron chi connectivity index (χ3n) is 2.92. The van der Waals surface area contributed by atoms with Crippen LogP contribution in [-0.4, -0.2) is 23.3 Å². The van der Waals surface area contributed by atoms with Gasteiger partial charge in [0.25, 0.3) is 0 Å². The smallest absolute Gasteiger partial charge is 0.0558 e. The lowest BCUT2D eigenvalue weighted by Crippen LogP contribution is -2.28. The first-order valence-corrected chi connectivity index (χ1v) is 4.20. The number of aliphatic hydroxyl groups is 1. The highest BCUT2D eigenvalue weighted by Crippen LogP contribution is 2.33. The van der Waals surface area contributed by atoms with Crippen LogP contribution in [0.1, 0.15) is 26.2 Å². The lowest BCUT2D eigenvalue weighted by atomic mass is 9.86. The van der Waals surface area contributed by atoms with E-state index < -0.39 is 0 Å². The Morgan fingerprint density at radius 2 is 2.10 bits per heavy atom. The van der Waals surface area contributed by atoms with E-state index in [0.29, 0.717) is 12.1 Å². The van der Waals surface area contributed by atoms with Crippen LogP contribution in [0.25, 0.3) is 0 Å². The largest absolute Gasteiger partial charge is 0.393 e. The molecule has 0 aromatic carbocycles. The van der Waals surface area contributed by atoms with Crippen molar-refractivity contribution in [3.05, 3.63) is 0 Å². The lowest BCUT2D eigenvalue weighted by molar-refractivity contribution is 0.109. The molecule has 2 aliphatic rings. The van der Waals surface area contributed by atoms with Crippen LogP contribution in [0.2, 0.25) is 0 Å². The molecule has 0 spiro atoms. The van der Waals surface area contributed by atoms with Crippen molar-refractivity contribution < 1.29 is 5.11 Å². The zero-order valence-electron chi connectivity index (χ0n) is 6.38. The Bertz CT molecular complexity index is 132. The van der Waals surface area contributed by atoms with Gasteiger partial charge in [-0.2, -0.15) is 0 Å². The zero-order chi connectivity index (χ0) is 7.14. The minimum Gasteiger partial charge on any atom is -0.393 e. The second kappa shape index (κ2) is 2.21. The van der Waals surface area contributed by atoms with E-state index in [-0.39, 0.29) is 6.10 Å². The molecule has 2 N–H and O–H groups in total. The number of hydrogen-bond donors (Lipinski definition) is 2. The third-order valence-corrected chi connectivity index (χ3v) is 2.92. The summed E-state index contributed by atoms with van der Waals surface area (Å²) in [7, 11) is 0. The molecule has 10 heavy (non-hydrogen) atoms. The van der Waals surface area contributed by atoms with Crippen LogP contribution in [0.3, 0.4) is 0 Å².